The molecule has 13 amide bonds. The van der Waals surface area contributed by atoms with Crippen molar-refractivity contribution in [3.8, 4) is 0 Å². The van der Waals surface area contributed by atoms with Gasteiger partial charge in [-0.1, -0.05) is 89.1 Å². The van der Waals surface area contributed by atoms with Gasteiger partial charge in [0.2, 0.25) is 76.8 Å². The number of para-hydroxylation sites is 1. The highest BCUT2D eigenvalue weighted by atomic mass is 16.3. The van der Waals surface area contributed by atoms with Crippen molar-refractivity contribution in [2.24, 2.45) is 51.2 Å². The van der Waals surface area contributed by atoms with Gasteiger partial charge in [0.05, 0.1) is 32.7 Å². The van der Waals surface area contributed by atoms with Crippen molar-refractivity contribution in [3.05, 3.63) is 90.1 Å². The molecule has 0 radical (unpaired) electrons. The standard InChI is InChI=1S/C70H108N22O16/c1-6-37(3)55(90-68(107)56(38(4)7-2)89-65(104)52(35-95)87-59(98)44(73)33-93)67(106)88-51(34-94)64(103)86-50(29-42-31-77-36-81-42)63(102)84-48(27-40-17-9-8-10-18-40)62(101)83-46(22-15-25-78-70(75)76)61(100)85-49(28-41-30-79-45-20-12-11-19-43(41)45)60(99)80-32-54(96)82-47(21-13-14-24-71)69(108)92-26-16-23-53(92)66(105)91-57(39(5)72)58(74)97/h8-12,17-20,30-31,36-39,44,46-53,55-57,79,93-95H,6-7,13-16,21-29,32-35,71-73H2,1-5H3,(H2,74,97)(H,77,81)(H,80,99)(H,82,96)(H,83,101)(H,84,102)(H,85,100)(H,86,103)(H,87,98)(H,88,106)(H,89,104)(H,90,107)(H,91,105)(H4,75,76,78)/t37-,38?,39?,44-,46-,47?,48-,49?,50?,51-,52-,53?,55?,56-,57-/m0/s1. The normalized spacial score (nSPS) is 16.5. The Morgan fingerprint density at radius 2 is 1.11 bits per heavy atom. The number of primary amides is 1. The summed E-state index contributed by atoms with van der Waals surface area (Å²) >= 11 is 0. The molecule has 38 nitrogen and oxygen atoms in total. The Morgan fingerprint density at radius 3 is 1.69 bits per heavy atom. The number of amides is 13. The van der Waals surface area contributed by atoms with E-state index in [2.05, 4.69) is 78.4 Å². The fourth-order valence-corrected chi connectivity index (χ4v) is 11.9. The SMILES string of the molecule is CCC(C)[C@H](NC(=O)[C@H](CO)NC(=O)[C@@H](N)CO)C(=O)NC(C(=O)N[C@@H](CO)C(=O)NC(Cc1cnc[nH]1)C(=O)N[C@@H](Cc1ccccc1)C(=O)N[C@@H](CCCN=C(N)N)C(=O)NC(Cc1c[nH]c2ccccc12)C(=O)NCC(=O)NC(CCCCN)C(=O)N1CCCC1C(=O)N[C@H](C(N)=O)C(C)N)[C@@H](C)CC. The minimum absolute atomic E-state index is 0.0412. The molecule has 1 aliphatic rings. The van der Waals surface area contributed by atoms with Gasteiger partial charge in [0, 0.05) is 67.4 Å². The smallest absolute Gasteiger partial charge is 0.245 e. The maximum atomic E-state index is 15.1. The van der Waals surface area contributed by atoms with Crippen molar-refractivity contribution in [1.82, 2.24) is 78.3 Å². The lowest BCUT2D eigenvalue weighted by molar-refractivity contribution is -0.142. The van der Waals surface area contributed by atoms with Crippen LogP contribution in [0.2, 0.25) is 0 Å². The number of benzene rings is 2. The number of nitrogens with zero attached hydrogens (tertiary/aromatic N) is 3. The Hall–Kier alpha value is -10.7. The van der Waals surface area contributed by atoms with Crippen molar-refractivity contribution < 1.29 is 77.6 Å². The zero-order valence-electron chi connectivity index (χ0n) is 61.5. The van der Waals surface area contributed by atoms with Gasteiger partial charge in [-0.15, -0.1) is 0 Å². The highest BCUT2D eigenvalue weighted by Gasteiger charge is 2.41. The zero-order valence-corrected chi connectivity index (χ0v) is 61.5. The number of aromatic nitrogens is 3. The Balaban J connectivity index is 1.41. The van der Waals surface area contributed by atoms with Gasteiger partial charge in [-0.25, -0.2) is 4.98 Å². The lowest BCUT2D eigenvalue weighted by Crippen LogP contribution is -2.63. The van der Waals surface area contributed by atoms with Crippen LogP contribution in [0.15, 0.2) is 78.3 Å². The summed E-state index contributed by atoms with van der Waals surface area (Å²) in [7, 11) is 0. The summed E-state index contributed by atoms with van der Waals surface area (Å²) in [6.07, 6.45) is 5.60. The van der Waals surface area contributed by atoms with Crippen LogP contribution in [0.4, 0.5) is 0 Å². The Morgan fingerprint density at radius 1 is 0.574 bits per heavy atom. The number of rotatable bonds is 46. The summed E-state index contributed by atoms with van der Waals surface area (Å²) in [5.74, 6) is -13.1. The van der Waals surface area contributed by atoms with Gasteiger partial charge in [-0.05, 0) is 87.4 Å². The third-order valence-electron chi connectivity index (χ3n) is 18.6. The average Bonchev–Trinajstić information content (AvgIpc) is 1.67. The van der Waals surface area contributed by atoms with E-state index in [1.54, 1.807) is 88.5 Å². The number of imidazole rings is 1. The third-order valence-corrected chi connectivity index (χ3v) is 18.6. The molecule has 108 heavy (non-hydrogen) atoms. The number of aliphatic hydroxyl groups excluding tert-OH is 3. The van der Waals surface area contributed by atoms with Gasteiger partial charge in [-0.2, -0.15) is 0 Å². The first-order valence-electron chi connectivity index (χ1n) is 36.0. The molecule has 0 spiro atoms. The van der Waals surface area contributed by atoms with Crippen molar-refractivity contribution in [2.75, 3.05) is 46.0 Å². The number of fused-ring (bicyclic) bond motifs is 1. The number of aromatic amines is 2. The number of guanidine groups is 1. The van der Waals surface area contributed by atoms with E-state index < -0.39 is 194 Å². The number of carbonyl (C=O) groups excluding carboxylic acids is 13. The first-order valence-corrected chi connectivity index (χ1v) is 36.0. The van der Waals surface area contributed by atoms with Crippen LogP contribution in [0.25, 0.3) is 10.9 Å². The fraction of sp³-hybridized carbons (Fsp3) is 0.557. The molecule has 2 aromatic carbocycles. The highest BCUT2D eigenvalue weighted by molar-refractivity contribution is 6.00. The number of nitrogens with one attached hydrogen (secondary N) is 13. The number of nitrogens with two attached hydrogens (primary N) is 6. The molecule has 0 saturated carbocycles. The van der Waals surface area contributed by atoms with Crippen LogP contribution in [-0.4, -0.2) is 242 Å². The number of aliphatic imine (C=N–C) groups is 1. The second-order valence-electron chi connectivity index (χ2n) is 26.8. The molecular weight excluding hydrogens is 1400 g/mol. The maximum Gasteiger partial charge on any atom is 0.245 e. The minimum Gasteiger partial charge on any atom is -0.394 e. The van der Waals surface area contributed by atoms with E-state index in [0.29, 0.717) is 53.4 Å². The number of carbonyl (C=O) groups is 13. The number of hydrogen-bond acceptors (Lipinski definition) is 21. The molecular formula is C70H108N22O16. The monoisotopic (exact) mass is 1510 g/mol. The number of likely N-dealkylation sites (tertiary alicyclic amines) is 1. The van der Waals surface area contributed by atoms with E-state index in [4.69, 9.17) is 34.4 Å². The van der Waals surface area contributed by atoms with Crippen LogP contribution >= 0.6 is 0 Å². The summed E-state index contributed by atoms with van der Waals surface area (Å²) in [6.45, 7) is 5.06. The van der Waals surface area contributed by atoms with Crippen molar-refractivity contribution in [2.45, 2.75) is 190 Å². The maximum absolute atomic E-state index is 15.1. The fourth-order valence-electron chi connectivity index (χ4n) is 11.9. The van der Waals surface area contributed by atoms with Crippen molar-refractivity contribution >= 4 is 93.7 Å². The predicted octanol–water partition coefficient (Wildman–Crippen LogP) is -6.71. The predicted molar refractivity (Wildman–Crippen MR) is 395 cm³/mol. The molecule has 4 aromatic rings. The summed E-state index contributed by atoms with van der Waals surface area (Å²) in [6, 6.07) is -2.56. The second kappa shape index (κ2) is 44.5. The quantitative estimate of drug-likeness (QED) is 0.0111. The van der Waals surface area contributed by atoms with E-state index in [-0.39, 0.29) is 77.0 Å². The minimum atomic E-state index is -1.80. The van der Waals surface area contributed by atoms with Crippen LogP contribution in [0, 0.1) is 11.8 Å². The zero-order chi connectivity index (χ0) is 79.7. The van der Waals surface area contributed by atoms with Crippen LogP contribution in [0.1, 0.15) is 109 Å². The summed E-state index contributed by atoms with van der Waals surface area (Å²) in [5, 5.41) is 59.0. The number of aliphatic hydroxyl groups is 3. The number of hydrogen-bond donors (Lipinski definition) is 22. The van der Waals surface area contributed by atoms with Crippen molar-refractivity contribution in [3.63, 3.8) is 0 Å². The van der Waals surface area contributed by atoms with Gasteiger partial charge in [0.1, 0.15) is 72.5 Å². The number of H-pyrrole nitrogens is 2. The molecule has 5 rings (SSSR count). The van der Waals surface area contributed by atoms with Gasteiger partial charge in [0.15, 0.2) is 5.96 Å². The molecule has 28 N–H and O–H groups in total. The molecule has 38 heteroatoms. The summed E-state index contributed by atoms with van der Waals surface area (Å²) in [5.41, 5.74) is 36.1. The third kappa shape index (κ3) is 27.0. The summed E-state index contributed by atoms with van der Waals surface area (Å²) < 4.78 is 0. The van der Waals surface area contributed by atoms with Crippen LogP contribution < -0.4 is 92.9 Å². The lowest BCUT2D eigenvalue weighted by Gasteiger charge is -2.30. The van der Waals surface area contributed by atoms with E-state index in [1.165, 1.54) is 24.3 Å². The van der Waals surface area contributed by atoms with E-state index in [0.717, 1.165) is 0 Å². The van der Waals surface area contributed by atoms with Crippen molar-refractivity contribution in [1.29, 1.82) is 0 Å². The molecule has 1 saturated heterocycles. The van der Waals surface area contributed by atoms with Gasteiger partial charge >= 0.3 is 0 Å². The van der Waals surface area contributed by atoms with E-state index >= 15 is 9.59 Å². The number of unbranched alkanes of at least 4 members (excludes halogenated alkanes) is 1. The molecule has 7 unspecified atom stereocenters. The Kier molecular flexibility index (Phi) is 36.2. The van der Waals surface area contributed by atoms with Crippen LogP contribution in [0.3, 0.4) is 0 Å². The molecule has 1 fully saturated rings. The lowest BCUT2D eigenvalue weighted by atomic mass is 9.94. The van der Waals surface area contributed by atoms with Gasteiger partial charge in [-0.3, -0.25) is 67.3 Å². The average molecular weight is 1510 g/mol. The highest BCUT2D eigenvalue weighted by Crippen LogP contribution is 2.23. The van der Waals surface area contributed by atoms with Gasteiger partial charge < -0.3 is 123 Å². The van der Waals surface area contributed by atoms with Crippen LogP contribution in [-0.2, 0) is 81.6 Å². The molecule has 594 valence electrons. The molecule has 1 aliphatic heterocycles. The Bertz CT molecular complexity index is 3690. The topological polar surface area (TPSA) is 631 Å². The second-order valence-corrected chi connectivity index (χ2v) is 26.8. The first kappa shape index (κ1) is 88.0. The van der Waals surface area contributed by atoms with Gasteiger partial charge in [0.25, 0.3) is 0 Å². The molecule has 0 bridgehead atoms. The molecule has 2 aromatic heterocycles. The van der Waals surface area contributed by atoms with Crippen LogP contribution in [0.5, 0.6) is 0 Å². The molecule has 15 atom stereocenters. The Labute approximate surface area is 624 Å². The summed E-state index contributed by atoms with van der Waals surface area (Å²) in [4.78, 5) is 198. The molecule has 0 aliphatic carbocycles. The van der Waals surface area contributed by atoms with E-state index in [1.807, 2.05) is 0 Å². The largest absolute Gasteiger partial charge is 0.394 e. The molecule has 3 heterocycles. The van der Waals surface area contributed by atoms with E-state index in [9.17, 15) is 68.1 Å². The first-order chi connectivity index (χ1) is 51.5.